The van der Waals surface area contributed by atoms with E-state index in [9.17, 15) is 0 Å². The summed E-state index contributed by atoms with van der Waals surface area (Å²) in [6.07, 6.45) is 5.80. The van der Waals surface area contributed by atoms with Crippen molar-refractivity contribution in [3.05, 3.63) is 24.2 Å². The molecule has 0 amide bonds. The third-order valence-electron chi connectivity index (χ3n) is 4.26. The van der Waals surface area contributed by atoms with Gasteiger partial charge < -0.3 is 9.73 Å². The van der Waals surface area contributed by atoms with Gasteiger partial charge in [-0.15, -0.1) is 0 Å². The summed E-state index contributed by atoms with van der Waals surface area (Å²) in [6, 6.07) is 4.72. The summed E-state index contributed by atoms with van der Waals surface area (Å²) in [7, 11) is 2.20. The highest BCUT2D eigenvalue weighted by molar-refractivity contribution is 4.98. The first-order valence-corrected chi connectivity index (χ1v) is 7.63. The molecule has 1 saturated carbocycles. The van der Waals surface area contributed by atoms with Gasteiger partial charge in [-0.05, 0) is 56.8 Å². The highest BCUT2D eigenvalue weighted by Crippen LogP contribution is 2.29. The number of rotatable bonds is 6. The lowest BCUT2D eigenvalue weighted by Gasteiger charge is -2.37. The third-order valence-corrected chi connectivity index (χ3v) is 4.26. The number of nitrogens with one attached hydrogen (secondary N) is 1. The van der Waals surface area contributed by atoms with Crippen LogP contribution in [0.15, 0.2) is 22.8 Å². The summed E-state index contributed by atoms with van der Waals surface area (Å²) >= 11 is 0. The summed E-state index contributed by atoms with van der Waals surface area (Å²) in [4.78, 5) is 2.39. The molecule has 0 saturated heterocycles. The fraction of sp³-hybridized carbons (Fsp3) is 0.750. The van der Waals surface area contributed by atoms with Gasteiger partial charge in [0.05, 0.1) is 12.8 Å². The Morgan fingerprint density at radius 2 is 2.26 bits per heavy atom. The Hall–Kier alpha value is -0.800. The van der Waals surface area contributed by atoms with E-state index < -0.39 is 0 Å². The van der Waals surface area contributed by atoms with E-state index in [1.807, 2.05) is 6.07 Å². The fourth-order valence-electron chi connectivity index (χ4n) is 3.36. The van der Waals surface area contributed by atoms with E-state index in [0.717, 1.165) is 37.2 Å². The lowest BCUT2D eigenvalue weighted by Crippen LogP contribution is -2.44. The van der Waals surface area contributed by atoms with Gasteiger partial charge in [0.25, 0.3) is 0 Å². The normalized spacial score (nSPS) is 27.9. The maximum Gasteiger partial charge on any atom is 0.117 e. The van der Waals surface area contributed by atoms with Crippen LogP contribution in [0, 0.1) is 11.8 Å². The van der Waals surface area contributed by atoms with E-state index in [0.29, 0.717) is 6.04 Å². The molecule has 3 nitrogen and oxygen atoms in total. The van der Waals surface area contributed by atoms with Gasteiger partial charge in [-0.25, -0.2) is 0 Å². The van der Waals surface area contributed by atoms with E-state index in [4.69, 9.17) is 4.42 Å². The van der Waals surface area contributed by atoms with Crippen molar-refractivity contribution < 1.29 is 4.42 Å². The summed E-state index contributed by atoms with van der Waals surface area (Å²) in [6.45, 7) is 7.75. The molecule has 0 aromatic carbocycles. The average molecular weight is 264 g/mol. The summed E-state index contributed by atoms with van der Waals surface area (Å²) in [5, 5.41) is 3.67. The lowest BCUT2D eigenvalue weighted by molar-refractivity contribution is 0.153. The van der Waals surface area contributed by atoms with Crippen molar-refractivity contribution in [2.24, 2.45) is 11.8 Å². The minimum atomic E-state index is 0.695. The molecule has 1 N–H and O–H groups in total. The largest absolute Gasteiger partial charge is 0.468 e. The first-order chi connectivity index (χ1) is 9.19. The Balaban J connectivity index is 1.86. The monoisotopic (exact) mass is 264 g/mol. The molecule has 0 aliphatic heterocycles. The maximum absolute atomic E-state index is 5.43. The standard InChI is InChI=1S/C16H28N2O/c1-4-17-16-8-7-13(2)10-14(16)11-18(3)12-15-6-5-9-19-15/h5-6,9,13-14,16-17H,4,7-8,10-12H2,1-3H3. The van der Waals surface area contributed by atoms with Gasteiger partial charge in [0.2, 0.25) is 0 Å². The Kier molecular flexibility index (Phi) is 5.46. The maximum atomic E-state index is 5.43. The summed E-state index contributed by atoms with van der Waals surface area (Å²) in [5.41, 5.74) is 0. The van der Waals surface area contributed by atoms with E-state index in [2.05, 4.69) is 37.2 Å². The van der Waals surface area contributed by atoms with Crippen molar-refractivity contribution >= 4 is 0 Å². The molecule has 108 valence electrons. The van der Waals surface area contributed by atoms with Crippen molar-refractivity contribution in [3.63, 3.8) is 0 Å². The van der Waals surface area contributed by atoms with Crippen molar-refractivity contribution in [1.82, 2.24) is 10.2 Å². The van der Waals surface area contributed by atoms with Crippen LogP contribution in [0.25, 0.3) is 0 Å². The van der Waals surface area contributed by atoms with Crippen LogP contribution in [0.1, 0.15) is 38.9 Å². The molecule has 19 heavy (non-hydrogen) atoms. The first-order valence-electron chi connectivity index (χ1n) is 7.63. The molecule has 1 aliphatic carbocycles. The zero-order valence-corrected chi connectivity index (χ0v) is 12.6. The number of hydrogen-bond acceptors (Lipinski definition) is 3. The molecular weight excluding hydrogens is 236 g/mol. The molecule has 2 rings (SSSR count). The van der Waals surface area contributed by atoms with Crippen LogP contribution in [0.2, 0.25) is 0 Å². The number of furan rings is 1. The molecule has 1 fully saturated rings. The van der Waals surface area contributed by atoms with Crippen molar-refractivity contribution in [2.45, 2.75) is 45.7 Å². The molecule has 1 aromatic rings. The number of nitrogens with zero attached hydrogens (tertiary/aromatic N) is 1. The second-order valence-corrected chi connectivity index (χ2v) is 6.12. The Morgan fingerprint density at radius 3 is 2.95 bits per heavy atom. The zero-order valence-electron chi connectivity index (χ0n) is 12.6. The van der Waals surface area contributed by atoms with Crippen molar-refractivity contribution in [3.8, 4) is 0 Å². The van der Waals surface area contributed by atoms with E-state index >= 15 is 0 Å². The molecule has 0 spiro atoms. The molecule has 0 bridgehead atoms. The second-order valence-electron chi connectivity index (χ2n) is 6.12. The molecule has 3 heteroatoms. The lowest BCUT2D eigenvalue weighted by atomic mass is 9.78. The third kappa shape index (κ3) is 4.36. The molecule has 0 radical (unpaired) electrons. The predicted octanol–water partition coefficient (Wildman–Crippen LogP) is 3.13. The predicted molar refractivity (Wildman–Crippen MR) is 79.0 cm³/mol. The summed E-state index contributed by atoms with van der Waals surface area (Å²) in [5.74, 6) is 2.70. The molecule has 3 unspecified atom stereocenters. The van der Waals surface area contributed by atoms with Crippen LogP contribution in [0.3, 0.4) is 0 Å². The minimum absolute atomic E-state index is 0.695. The van der Waals surface area contributed by atoms with Crippen LogP contribution in [0.4, 0.5) is 0 Å². The average Bonchev–Trinajstić information content (AvgIpc) is 2.85. The SMILES string of the molecule is CCNC1CCC(C)CC1CN(C)Cc1ccco1. The quantitative estimate of drug-likeness (QED) is 0.855. The highest BCUT2D eigenvalue weighted by Gasteiger charge is 2.28. The first kappa shape index (κ1) is 14.6. The van der Waals surface area contributed by atoms with E-state index in [1.54, 1.807) is 6.26 Å². The molecule has 1 aliphatic rings. The second kappa shape index (κ2) is 7.11. The van der Waals surface area contributed by atoms with Gasteiger partial charge in [-0.2, -0.15) is 0 Å². The van der Waals surface area contributed by atoms with Crippen molar-refractivity contribution in [1.29, 1.82) is 0 Å². The van der Waals surface area contributed by atoms with Gasteiger partial charge >= 0.3 is 0 Å². The topological polar surface area (TPSA) is 28.4 Å². The van der Waals surface area contributed by atoms with Crippen LogP contribution in [0.5, 0.6) is 0 Å². The zero-order chi connectivity index (χ0) is 13.7. The van der Waals surface area contributed by atoms with Gasteiger partial charge in [0.15, 0.2) is 0 Å². The van der Waals surface area contributed by atoms with Gasteiger partial charge in [-0.3, -0.25) is 4.90 Å². The molecule has 1 heterocycles. The fourth-order valence-corrected chi connectivity index (χ4v) is 3.36. The highest BCUT2D eigenvalue weighted by atomic mass is 16.3. The minimum Gasteiger partial charge on any atom is -0.468 e. The summed E-state index contributed by atoms with van der Waals surface area (Å²) < 4.78 is 5.43. The molecular formula is C16H28N2O. The van der Waals surface area contributed by atoms with Gasteiger partial charge in [0, 0.05) is 12.6 Å². The molecule has 1 aromatic heterocycles. The van der Waals surface area contributed by atoms with Crippen LogP contribution < -0.4 is 5.32 Å². The van der Waals surface area contributed by atoms with Gasteiger partial charge in [-0.1, -0.05) is 13.8 Å². The smallest absolute Gasteiger partial charge is 0.117 e. The van der Waals surface area contributed by atoms with Crippen LogP contribution in [-0.4, -0.2) is 31.1 Å². The van der Waals surface area contributed by atoms with Gasteiger partial charge in [0.1, 0.15) is 5.76 Å². The van der Waals surface area contributed by atoms with Crippen molar-refractivity contribution in [2.75, 3.05) is 20.1 Å². The number of hydrogen-bond donors (Lipinski definition) is 1. The van der Waals surface area contributed by atoms with Crippen LogP contribution in [-0.2, 0) is 6.54 Å². The Bertz CT molecular complexity index is 350. The molecule has 3 atom stereocenters. The Morgan fingerprint density at radius 1 is 1.42 bits per heavy atom. The Labute approximate surface area is 117 Å². The van der Waals surface area contributed by atoms with Crippen LogP contribution >= 0.6 is 0 Å². The van der Waals surface area contributed by atoms with E-state index in [1.165, 1.54) is 19.3 Å². The van der Waals surface area contributed by atoms with E-state index in [-0.39, 0.29) is 0 Å².